The van der Waals surface area contributed by atoms with Crippen LogP contribution in [-0.4, -0.2) is 27.0 Å². The van der Waals surface area contributed by atoms with E-state index in [9.17, 15) is 8.42 Å². The van der Waals surface area contributed by atoms with Crippen molar-refractivity contribution in [3.63, 3.8) is 0 Å². The van der Waals surface area contributed by atoms with E-state index in [2.05, 4.69) is 10.0 Å². The zero-order chi connectivity index (χ0) is 12.8. The zero-order valence-electron chi connectivity index (χ0n) is 9.82. The minimum atomic E-state index is -3.43. The van der Waals surface area contributed by atoms with Crippen LogP contribution < -0.4 is 10.0 Å². The van der Waals surface area contributed by atoms with Crippen LogP contribution in [0, 0.1) is 5.92 Å². The van der Waals surface area contributed by atoms with Crippen LogP contribution in [0.4, 0.5) is 0 Å². The van der Waals surface area contributed by atoms with Crippen LogP contribution in [0.1, 0.15) is 12.8 Å². The molecule has 0 bridgehead atoms. The number of hydrogen-bond donors (Lipinski definition) is 2. The summed E-state index contributed by atoms with van der Waals surface area (Å²) in [6, 6.07) is 6.28. The summed E-state index contributed by atoms with van der Waals surface area (Å²) in [5.41, 5.74) is -0.205. The molecule has 18 heavy (non-hydrogen) atoms. The number of hydrogen-bond acceptors (Lipinski definition) is 3. The number of halogens is 1. The smallest absolute Gasteiger partial charge is 0.241 e. The van der Waals surface area contributed by atoms with E-state index in [1.165, 1.54) is 0 Å². The van der Waals surface area contributed by atoms with Crippen LogP contribution in [0.5, 0.6) is 0 Å². The Morgan fingerprint density at radius 2 is 1.83 bits per heavy atom. The van der Waals surface area contributed by atoms with Gasteiger partial charge in [0.15, 0.2) is 0 Å². The molecule has 0 amide bonds. The molecule has 1 aliphatic heterocycles. The molecule has 98 valence electrons. The van der Waals surface area contributed by atoms with E-state index in [0.29, 0.717) is 10.9 Å². The van der Waals surface area contributed by atoms with Crippen molar-refractivity contribution in [2.75, 3.05) is 13.1 Å². The lowest BCUT2D eigenvalue weighted by Crippen LogP contribution is -2.56. The lowest BCUT2D eigenvalue weighted by Gasteiger charge is -2.35. The fourth-order valence-electron chi connectivity index (χ4n) is 2.35. The molecule has 3 rings (SSSR count). The summed E-state index contributed by atoms with van der Waals surface area (Å²) in [6.45, 7) is 1.81. The van der Waals surface area contributed by atoms with Crippen molar-refractivity contribution in [3.8, 4) is 0 Å². The summed E-state index contributed by atoms with van der Waals surface area (Å²) in [6.07, 6.45) is 1.87. The Hall–Kier alpha value is -0.620. The highest BCUT2D eigenvalue weighted by Crippen LogP contribution is 2.45. The molecule has 0 spiro atoms. The Kier molecular flexibility index (Phi) is 2.90. The van der Waals surface area contributed by atoms with Crippen LogP contribution in [0.15, 0.2) is 29.2 Å². The third-order valence-electron chi connectivity index (χ3n) is 3.81. The normalized spacial score (nSPS) is 22.5. The average molecular weight is 287 g/mol. The van der Waals surface area contributed by atoms with Gasteiger partial charge in [-0.3, -0.25) is 0 Å². The second-order valence-electron chi connectivity index (χ2n) is 5.07. The van der Waals surface area contributed by atoms with Gasteiger partial charge in [0.1, 0.15) is 0 Å². The first-order chi connectivity index (χ1) is 8.52. The van der Waals surface area contributed by atoms with Gasteiger partial charge in [-0.15, -0.1) is 0 Å². The lowest BCUT2D eigenvalue weighted by atomic mass is 9.92. The highest BCUT2D eigenvalue weighted by Gasteiger charge is 2.53. The lowest BCUT2D eigenvalue weighted by molar-refractivity contribution is 0.262. The SMILES string of the molecule is O=S(=O)(NC1(C2CNC2)CC1)c1ccc(Cl)cc1. The monoisotopic (exact) mass is 286 g/mol. The Morgan fingerprint density at radius 3 is 2.28 bits per heavy atom. The molecule has 0 radical (unpaired) electrons. The van der Waals surface area contributed by atoms with Crippen molar-refractivity contribution in [3.05, 3.63) is 29.3 Å². The van der Waals surface area contributed by atoms with Gasteiger partial charge in [0.2, 0.25) is 10.0 Å². The van der Waals surface area contributed by atoms with Crippen molar-refractivity contribution >= 4 is 21.6 Å². The van der Waals surface area contributed by atoms with Crippen LogP contribution >= 0.6 is 11.6 Å². The van der Waals surface area contributed by atoms with E-state index < -0.39 is 10.0 Å². The summed E-state index contributed by atoms with van der Waals surface area (Å²) in [5.74, 6) is 0.430. The predicted molar refractivity (Wildman–Crippen MR) is 70.1 cm³/mol. The van der Waals surface area contributed by atoms with Crippen molar-refractivity contribution < 1.29 is 8.42 Å². The highest BCUT2D eigenvalue weighted by atomic mass is 35.5. The maximum atomic E-state index is 12.3. The molecule has 1 heterocycles. The molecule has 6 heteroatoms. The van der Waals surface area contributed by atoms with Gasteiger partial charge in [0.25, 0.3) is 0 Å². The minimum absolute atomic E-state index is 0.205. The molecule has 2 fully saturated rings. The van der Waals surface area contributed by atoms with Crippen molar-refractivity contribution in [1.29, 1.82) is 0 Å². The number of rotatable bonds is 4. The molecule has 2 N–H and O–H groups in total. The van der Waals surface area contributed by atoms with Crippen LogP contribution in [-0.2, 0) is 10.0 Å². The van der Waals surface area contributed by atoms with Gasteiger partial charge in [0.05, 0.1) is 4.90 Å². The van der Waals surface area contributed by atoms with E-state index >= 15 is 0 Å². The van der Waals surface area contributed by atoms with Gasteiger partial charge < -0.3 is 5.32 Å². The maximum absolute atomic E-state index is 12.3. The van der Waals surface area contributed by atoms with Crippen molar-refractivity contribution in [2.24, 2.45) is 5.92 Å². The van der Waals surface area contributed by atoms with Gasteiger partial charge >= 0.3 is 0 Å². The van der Waals surface area contributed by atoms with Crippen molar-refractivity contribution in [1.82, 2.24) is 10.0 Å². The standard InChI is InChI=1S/C12H15ClN2O2S/c13-10-1-3-11(4-2-10)18(16,17)15-12(5-6-12)9-7-14-8-9/h1-4,9,14-15H,5-8H2. The van der Waals surface area contributed by atoms with E-state index in [1.54, 1.807) is 24.3 Å². The molecule has 0 unspecified atom stereocenters. The summed E-state index contributed by atoms with van der Waals surface area (Å²) in [7, 11) is -3.43. The number of sulfonamides is 1. The molecule has 0 aromatic heterocycles. The fourth-order valence-corrected chi connectivity index (χ4v) is 3.99. The number of benzene rings is 1. The first-order valence-corrected chi connectivity index (χ1v) is 7.88. The summed E-state index contributed by atoms with van der Waals surface area (Å²) < 4.78 is 27.4. The first-order valence-electron chi connectivity index (χ1n) is 6.02. The van der Waals surface area contributed by atoms with E-state index in [0.717, 1.165) is 25.9 Å². The minimum Gasteiger partial charge on any atom is -0.316 e. The Balaban J connectivity index is 1.80. The predicted octanol–water partition coefficient (Wildman–Crippen LogP) is 1.37. The Morgan fingerprint density at radius 1 is 1.22 bits per heavy atom. The summed E-state index contributed by atoms with van der Waals surface area (Å²) in [5, 5.41) is 3.73. The van der Waals surface area contributed by atoms with Gasteiger partial charge in [-0.2, -0.15) is 0 Å². The molecule has 4 nitrogen and oxygen atoms in total. The summed E-state index contributed by atoms with van der Waals surface area (Å²) in [4.78, 5) is 0.283. The summed E-state index contributed by atoms with van der Waals surface area (Å²) >= 11 is 5.77. The molecule has 1 aliphatic carbocycles. The van der Waals surface area contributed by atoms with Crippen LogP contribution in [0.25, 0.3) is 0 Å². The molecular formula is C12H15ClN2O2S. The molecule has 1 saturated heterocycles. The van der Waals surface area contributed by atoms with Crippen LogP contribution in [0.2, 0.25) is 5.02 Å². The first kappa shape index (κ1) is 12.4. The fraction of sp³-hybridized carbons (Fsp3) is 0.500. The topological polar surface area (TPSA) is 58.2 Å². The molecule has 1 aromatic rings. The molecule has 2 aliphatic rings. The van der Waals surface area contributed by atoms with Gasteiger partial charge in [0, 0.05) is 29.6 Å². The Bertz CT molecular complexity index is 548. The molecule has 0 atom stereocenters. The van der Waals surface area contributed by atoms with Gasteiger partial charge in [-0.1, -0.05) is 11.6 Å². The zero-order valence-corrected chi connectivity index (χ0v) is 11.4. The third-order valence-corrected chi connectivity index (χ3v) is 5.63. The maximum Gasteiger partial charge on any atom is 0.241 e. The largest absolute Gasteiger partial charge is 0.316 e. The third kappa shape index (κ3) is 2.16. The average Bonchev–Trinajstić information content (AvgIpc) is 2.95. The van der Waals surface area contributed by atoms with E-state index in [4.69, 9.17) is 11.6 Å². The van der Waals surface area contributed by atoms with Gasteiger partial charge in [-0.05, 0) is 37.1 Å². The van der Waals surface area contributed by atoms with E-state index in [-0.39, 0.29) is 10.4 Å². The van der Waals surface area contributed by atoms with E-state index in [1.807, 2.05) is 0 Å². The van der Waals surface area contributed by atoms with Gasteiger partial charge in [-0.25, -0.2) is 13.1 Å². The number of nitrogens with one attached hydrogen (secondary N) is 2. The van der Waals surface area contributed by atoms with Crippen molar-refractivity contribution in [2.45, 2.75) is 23.3 Å². The highest BCUT2D eigenvalue weighted by molar-refractivity contribution is 7.89. The molecule has 1 saturated carbocycles. The van der Waals surface area contributed by atoms with Crippen LogP contribution in [0.3, 0.4) is 0 Å². The second-order valence-corrected chi connectivity index (χ2v) is 7.19. The second kappa shape index (κ2) is 4.20. The Labute approximate surface area is 112 Å². The molecule has 1 aromatic carbocycles. The molecular weight excluding hydrogens is 272 g/mol. The quantitative estimate of drug-likeness (QED) is 0.879.